The smallest absolute Gasteiger partial charge is 0.338 e. The zero-order chi connectivity index (χ0) is 19.9. The van der Waals surface area contributed by atoms with E-state index in [1.165, 1.54) is 44.6 Å². The minimum Gasteiger partial charge on any atom is -0.459 e. The van der Waals surface area contributed by atoms with Crippen LogP contribution in [0.15, 0.2) is 30.4 Å². The third kappa shape index (κ3) is 5.65. The monoisotopic (exact) mass is 390 g/mol. The zero-order valence-corrected chi connectivity index (χ0v) is 16.8. The number of rotatable bonds is 6. The Bertz CT molecular complexity index is 669. The van der Waals surface area contributed by atoms with Crippen LogP contribution in [0.25, 0.3) is 0 Å². The molecule has 0 radical (unpaired) electrons. The number of benzene rings is 1. The molecule has 3 rings (SSSR count). The van der Waals surface area contributed by atoms with Crippen molar-refractivity contribution in [1.29, 1.82) is 0 Å². The molecule has 28 heavy (non-hydrogen) atoms. The number of hydrogen-bond donors (Lipinski definition) is 0. The summed E-state index contributed by atoms with van der Waals surface area (Å²) in [4.78, 5) is 12.2. The lowest BCUT2D eigenvalue weighted by Crippen LogP contribution is -2.29. The summed E-state index contributed by atoms with van der Waals surface area (Å²) >= 11 is 0. The van der Waals surface area contributed by atoms with Gasteiger partial charge in [0.05, 0.1) is 5.56 Å². The van der Waals surface area contributed by atoms with Crippen molar-refractivity contribution in [2.45, 2.75) is 77.2 Å². The maximum Gasteiger partial charge on any atom is 0.338 e. The highest BCUT2D eigenvalue weighted by atomic mass is 19.2. The van der Waals surface area contributed by atoms with E-state index in [2.05, 4.69) is 19.1 Å². The Morgan fingerprint density at radius 3 is 2.25 bits per heavy atom. The highest BCUT2D eigenvalue weighted by molar-refractivity contribution is 5.89. The maximum atomic E-state index is 13.3. The summed E-state index contributed by atoms with van der Waals surface area (Å²) in [6.07, 6.45) is 16.2. The van der Waals surface area contributed by atoms with Crippen LogP contribution in [0.4, 0.5) is 8.78 Å². The Balaban J connectivity index is 1.41. The Kier molecular flexibility index (Phi) is 7.64. The van der Waals surface area contributed by atoms with Gasteiger partial charge in [0.25, 0.3) is 0 Å². The van der Waals surface area contributed by atoms with Gasteiger partial charge in [0.2, 0.25) is 0 Å². The molecule has 154 valence electrons. The number of carbonyl (C=O) groups excluding carboxylic acids is 1. The van der Waals surface area contributed by atoms with Gasteiger partial charge in [-0.15, -0.1) is 0 Å². The van der Waals surface area contributed by atoms with Crippen molar-refractivity contribution in [3.63, 3.8) is 0 Å². The van der Waals surface area contributed by atoms with Crippen LogP contribution in [0, 0.1) is 29.4 Å². The number of unbranched alkanes of at least 4 members (excludes halogenated alkanes) is 1. The number of esters is 1. The predicted molar refractivity (Wildman–Crippen MR) is 107 cm³/mol. The molecule has 0 N–H and O–H groups in total. The third-order valence-corrected chi connectivity index (χ3v) is 6.49. The minimum absolute atomic E-state index is 0.0791. The minimum atomic E-state index is -1.02. The van der Waals surface area contributed by atoms with Crippen LogP contribution in [0.5, 0.6) is 0 Å². The fraction of sp³-hybridized carbons (Fsp3) is 0.625. The molecule has 0 amide bonds. The van der Waals surface area contributed by atoms with E-state index in [9.17, 15) is 13.6 Å². The summed E-state index contributed by atoms with van der Waals surface area (Å²) in [5.74, 6) is -0.221. The van der Waals surface area contributed by atoms with Crippen LogP contribution in [-0.4, -0.2) is 12.1 Å². The summed E-state index contributed by atoms with van der Waals surface area (Å²) in [6, 6.07) is 3.16. The molecular formula is C24H32F2O2. The molecule has 0 unspecified atom stereocenters. The largest absolute Gasteiger partial charge is 0.459 e. The fourth-order valence-electron chi connectivity index (χ4n) is 4.78. The standard InChI is InChI=1S/C24H32F2O2/c1-2-3-4-5-17-6-8-18(9-7-17)19-10-13-21(14-11-19)28-24(27)20-12-15-22(25)23(26)16-20/h4-5,12,15-19,21H,2-3,6-11,13-14H2,1H3. The highest BCUT2D eigenvalue weighted by Gasteiger charge is 2.31. The van der Waals surface area contributed by atoms with Gasteiger partial charge in [0, 0.05) is 0 Å². The predicted octanol–water partition coefficient (Wildman–Crippen LogP) is 6.84. The van der Waals surface area contributed by atoms with Gasteiger partial charge in [0.1, 0.15) is 6.10 Å². The summed E-state index contributed by atoms with van der Waals surface area (Å²) in [6.45, 7) is 2.22. The van der Waals surface area contributed by atoms with Gasteiger partial charge < -0.3 is 4.74 Å². The highest BCUT2D eigenvalue weighted by Crippen LogP contribution is 2.41. The summed E-state index contributed by atoms with van der Waals surface area (Å²) < 4.78 is 31.9. The third-order valence-electron chi connectivity index (χ3n) is 6.49. The second-order valence-corrected chi connectivity index (χ2v) is 8.46. The first kappa shape index (κ1) is 21.0. The Morgan fingerprint density at radius 2 is 1.64 bits per heavy atom. The number of carbonyl (C=O) groups is 1. The quantitative estimate of drug-likeness (QED) is 0.392. The number of hydrogen-bond acceptors (Lipinski definition) is 2. The van der Waals surface area contributed by atoms with Crippen LogP contribution in [0.3, 0.4) is 0 Å². The maximum absolute atomic E-state index is 13.3. The van der Waals surface area contributed by atoms with Crippen LogP contribution in [-0.2, 0) is 4.74 Å². The van der Waals surface area contributed by atoms with E-state index in [4.69, 9.17) is 4.74 Å². The van der Waals surface area contributed by atoms with Gasteiger partial charge in [-0.1, -0.05) is 25.5 Å². The Morgan fingerprint density at radius 1 is 1.00 bits per heavy atom. The normalized spacial score (nSPS) is 28.4. The van der Waals surface area contributed by atoms with Crippen LogP contribution < -0.4 is 0 Å². The Labute approximate surface area is 167 Å². The van der Waals surface area contributed by atoms with E-state index in [0.717, 1.165) is 55.6 Å². The van der Waals surface area contributed by atoms with E-state index < -0.39 is 17.6 Å². The number of halogens is 2. The molecule has 1 aromatic carbocycles. The van der Waals surface area contributed by atoms with Crippen molar-refractivity contribution in [2.24, 2.45) is 17.8 Å². The molecule has 0 heterocycles. The second-order valence-electron chi connectivity index (χ2n) is 8.46. The van der Waals surface area contributed by atoms with E-state index in [0.29, 0.717) is 0 Å². The molecule has 2 fully saturated rings. The molecular weight excluding hydrogens is 358 g/mol. The van der Waals surface area contributed by atoms with Gasteiger partial charge in [-0.25, -0.2) is 13.6 Å². The van der Waals surface area contributed by atoms with Crippen molar-refractivity contribution < 1.29 is 18.3 Å². The molecule has 4 heteroatoms. The fourth-order valence-corrected chi connectivity index (χ4v) is 4.78. The van der Waals surface area contributed by atoms with Gasteiger partial charge >= 0.3 is 5.97 Å². The van der Waals surface area contributed by atoms with Gasteiger partial charge in [-0.3, -0.25) is 0 Å². The average Bonchev–Trinajstić information content (AvgIpc) is 2.71. The molecule has 2 nitrogen and oxygen atoms in total. The summed E-state index contributed by atoms with van der Waals surface area (Å²) in [7, 11) is 0. The van der Waals surface area contributed by atoms with Gasteiger partial charge in [-0.05, 0) is 93.7 Å². The summed E-state index contributed by atoms with van der Waals surface area (Å²) in [5, 5.41) is 0. The first-order valence-electron chi connectivity index (χ1n) is 10.9. The molecule has 0 saturated heterocycles. The van der Waals surface area contributed by atoms with E-state index in [1.807, 2.05) is 0 Å². The molecule has 2 aliphatic rings. The van der Waals surface area contributed by atoms with Crippen molar-refractivity contribution in [3.05, 3.63) is 47.5 Å². The van der Waals surface area contributed by atoms with Crippen LogP contribution in [0.2, 0.25) is 0 Å². The summed E-state index contributed by atoms with van der Waals surface area (Å²) in [5.41, 5.74) is 0.0791. The first-order chi connectivity index (χ1) is 13.6. The van der Waals surface area contributed by atoms with E-state index >= 15 is 0 Å². The topological polar surface area (TPSA) is 26.3 Å². The zero-order valence-electron chi connectivity index (χ0n) is 16.8. The molecule has 1 aromatic rings. The van der Waals surface area contributed by atoms with Crippen molar-refractivity contribution >= 4 is 5.97 Å². The van der Waals surface area contributed by atoms with E-state index in [-0.39, 0.29) is 11.7 Å². The second kappa shape index (κ2) is 10.2. The molecule has 0 atom stereocenters. The lowest BCUT2D eigenvalue weighted by Gasteiger charge is -2.37. The first-order valence-corrected chi connectivity index (χ1v) is 10.9. The van der Waals surface area contributed by atoms with Gasteiger partial charge in [0.15, 0.2) is 11.6 Å². The molecule has 2 aliphatic carbocycles. The lowest BCUT2D eigenvalue weighted by molar-refractivity contribution is 0.0113. The number of ether oxygens (including phenoxy) is 1. The van der Waals surface area contributed by atoms with Crippen molar-refractivity contribution in [2.75, 3.05) is 0 Å². The van der Waals surface area contributed by atoms with Crippen LogP contribution in [0.1, 0.15) is 81.5 Å². The average molecular weight is 391 g/mol. The molecule has 0 spiro atoms. The molecule has 2 saturated carbocycles. The van der Waals surface area contributed by atoms with Crippen LogP contribution >= 0.6 is 0 Å². The van der Waals surface area contributed by atoms with E-state index in [1.54, 1.807) is 0 Å². The molecule has 0 aromatic heterocycles. The molecule has 0 aliphatic heterocycles. The van der Waals surface area contributed by atoms with Crippen molar-refractivity contribution in [3.8, 4) is 0 Å². The van der Waals surface area contributed by atoms with Gasteiger partial charge in [-0.2, -0.15) is 0 Å². The Hall–Kier alpha value is -1.71. The lowest BCUT2D eigenvalue weighted by atomic mass is 9.70. The number of allylic oxidation sites excluding steroid dienone is 2. The van der Waals surface area contributed by atoms with Crippen molar-refractivity contribution in [1.82, 2.24) is 0 Å². The molecule has 0 bridgehead atoms. The SMILES string of the molecule is CCCC=CC1CCC(C2CCC(OC(=O)c3ccc(F)c(F)c3)CC2)CC1.